The molecule has 2 saturated heterocycles. The molecule has 0 saturated carbocycles. The molecule has 1 amide bonds. The van der Waals surface area contributed by atoms with Crippen molar-refractivity contribution in [2.45, 2.75) is 25.8 Å². The second-order valence-corrected chi connectivity index (χ2v) is 7.43. The van der Waals surface area contributed by atoms with E-state index in [1.807, 2.05) is 36.2 Å². The molecule has 2 heterocycles. The van der Waals surface area contributed by atoms with Gasteiger partial charge in [0.2, 0.25) is 5.91 Å². The lowest BCUT2D eigenvalue weighted by atomic mass is 9.87. The molecule has 0 N–H and O–H groups in total. The van der Waals surface area contributed by atoms with Gasteiger partial charge in [-0.05, 0) is 44.0 Å². The molecule has 4 nitrogen and oxygen atoms in total. The van der Waals surface area contributed by atoms with Gasteiger partial charge in [0.05, 0.1) is 19.2 Å². The predicted molar refractivity (Wildman–Crippen MR) is 91.6 cm³/mol. The van der Waals surface area contributed by atoms with Crippen LogP contribution in [-0.2, 0) is 9.53 Å². The summed E-state index contributed by atoms with van der Waals surface area (Å²) >= 11 is 5.93. The van der Waals surface area contributed by atoms with Crippen molar-refractivity contribution in [2.24, 2.45) is 5.41 Å². The molecule has 0 aliphatic carbocycles. The first kappa shape index (κ1) is 16.7. The molecule has 5 heteroatoms. The number of amides is 1. The summed E-state index contributed by atoms with van der Waals surface area (Å²) in [6, 6.07) is 7.76. The molecular weight excluding hydrogens is 312 g/mol. The van der Waals surface area contributed by atoms with Crippen LogP contribution in [0.5, 0.6) is 0 Å². The third-order valence-corrected chi connectivity index (χ3v) is 5.64. The summed E-state index contributed by atoms with van der Waals surface area (Å²) in [5, 5.41) is 0.719. The zero-order valence-corrected chi connectivity index (χ0v) is 14.7. The van der Waals surface area contributed by atoms with Crippen LogP contribution in [0.4, 0.5) is 0 Å². The van der Waals surface area contributed by atoms with E-state index in [4.69, 9.17) is 16.3 Å². The second-order valence-electron chi connectivity index (χ2n) is 7.00. The Morgan fingerprint density at radius 2 is 2.13 bits per heavy atom. The molecule has 2 aliphatic rings. The molecule has 0 unspecified atom stereocenters. The molecule has 3 rings (SSSR count). The number of carbonyl (C=O) groups is 1. The summed E-state index contributed by atoms with van der Waals surface area (Å²) < 4.78 is 5.56. The zero-order chi connectivity index (χ0) is 16.4. The van der Waals surface area contributed by atoms with Gasteiger partial charge in [0, 0.05) is 30.6 Å². The molecule has 23 heavy (non-hydrogen) atoms. The Labute approximate surface area is 143 Å². The minimum atomic E-state index is 0.0474. The van der Waals surface area contributed by atoms with Crippen LogP contribution in [0.2, 0.25) is 5.02 Å². The number of hydrogen-bond acceptors (Lipinski definition) is 3. The summed E-state index contributed by atoms with van der Waals surface area (Å²) in [6.45, 7) is 6.26. The fourth-order valence-corrected chi connectivity index (χ4v) is 3.74. The van der Waals surface area contributed by atoms with Crippen molar-refractivity contribution < 1.29 is 9.53 Å². The van der Waals surface area contributed by atoms with Crippen LogP contribution < -0.4 is 0 Å². The summed E-state index contributed by atoms with van der Waals surface area (Å²) in [5.41, 5.74) is 1.41. The van der Waals surface area contributed by atoms with Crippen LogP contribution in [0.15, 0.2) is 24.3 Å². The van der Waals surface area contributed by atoms with Crippen molar-refractivity contribution in [2.75, 3.05) is 39.9 Å². The average Bonchev–Trinajstić information content (AvgIpc) is 3.17. The van der Waals surface area contributed by atoms with E-state index in [0.717, 1.165) is 49.7 Å². The quantitative estimate of drug-likeness (QED) is 0.847. The Kier molecular flexibility index (Phi) is 4.95. The predicted octanol–water partition coefficient (Wildman–Crippen LogP) is 2.97. The van der Waals surface area contributed by atoms with E-state index in [9.17, 15) is 4.79 Å². The monoisotopic (exact) mass is 336 g/mol. The number of rotatable bonds is 4. The molecule has 1 aromatic carbocycles. The Morgan fingerprint density at radius 3 is 2.78 bits per heavy atom. The molecule has 2 aliphatic heterocycles. The second kappa shape index (κ2) is 6.80. The molecule has 0 bridgehead atoms. The molecular formula is C18H25ClN2O2. The number of halogens is 1. The topological polar surface area (TPSA) is 32.8 Å². The molecule has 0 aromatic heterocycles. The number of likely N-dealkylation sites (tertiary alicyclic amines) is 1. The molecule has 126 valence electrons. The Hall–Kier alpha value is -1.10. The number of hydrogen-bond donors (Lipinski definition) is 0. The smallest absolute Gasteiger partial charge is 0.236 e. The summed E-state index contributed by atoms with van der Waals surface area (Å²) in [6.07, 6.45) is 2.28. The normalized spacial score (nSPS) is 25.9. The maximum Gasteiger partial charge on any atom is 0.236 e. The van der Waals surface area contributed by atoms with E-state index >= 15 is 0 Å². The Bertz CT molecular complexity index is 555. The number of benzene rings is 1. The van der Waals surface area contributed by atoms with Crippen LogP contribution in [0.25, 0.3) is 0 Å². The van der Waals surface area contributed by atoms with Gasteiger partial charge in [0.1, 0.15) is 0 Å². The minimum absolute atomic E-state index is 0.0474. The fraction of sp³-hybridized carbons (Fsp3) is 0.611. The number of likely N-dealkylation sites (N-methyl/N-ethyl adjacent to an activating group) is 1. The van der Waals surface area contributed by atoms with E-state index in [0.29, 0.717) is 12.0 Å². The van der Waals surface area contributed by atoms with Crippen molar-refractivity contribution in [3.63, 3.8) is 0 Å². The molecule has 0 radical (unpaired) electrons. The minimum Gasteiger partial charge on any atom is -0.381 e. The highest BCUT2D eigenvalue weighted by atomic mass is 35.5. The van der Waals surface area contributed by atoms with Gasteiger partial charge < -0.3 is 9.64 Å². The van der Waals surface area contributed by atoms with E-state index in [-0.39, 0.29) is 11.9 Å². The highest BCUT2D eigenvalue weighted by molar-refractivity contribution is 6.30. The summed E-state index contributed by atoms with van der Waals surface area (Å²) in [5.74, 6) is 0.170. The largest absolute Gasteiger partial charge is 0.381 e. The van der Waals surface area contributed by atoms with Crippen molar-refractivity contribution >= 4 is 17.5 Å². The Balaban J connectivity index is 1.56. The lowest BCUT2D eigenvalue weighted by Crippen LogP contribution is -2.39. The van der Waals surface area contributed by atoms with Crippen molar-refractivity contribution in [3.8, 4) is 0 Å². The van der Waals surface area contributed by atoms with E-state index in [1.165, 1.54) is 0 Å². The standard InChI is InChI=1S/C18H25ClN2O2/c1-14(15-3-5-16(19)6-4-15)20(2)17(22)11-21-9-7-18(12-21)8-10-23-13-18/h3-6,14H,7-13H2,1-2H3/t14-,18+/m1/s1. The summed E-state index contributed by atoms with van der Waals surface area (Å²) in [7, 11) is 1.88. The maximum atomic E-state index is 12.6. The highest BCUT2D eigenvalue weighted by Crippen LogP contribution is 2.38. The van der Waals surface area contributed by atoms with Gasteiger partial charge in [-0.2, -0.15) is 0 Å². The third-order valence-electron chi connectivity index (χ3n) is 5.39. The number of carbonyl (C=O) groups excluding carboxylic acids is 1. The van der Waals surface area contributed by atoms with Gasteiger partial charge in [-0.3, -0.25) is 9.69 Å². The highest BCUT2D eigenvalue weighted by Gasteiger charge is 2.41. The molecule has 2 fully saturated rings. The van der Waals surface area contributed by atoms with Crippen molar-refractivity contribution in [1.82, 2.24) is 9.80 Å². The van der Waals surface area contributed by atoms with Gasteiger partial charge >= 0.3 is 0 Å². The van der Waals surface area contributed by atoms with Gasteiger partial charge in [-0.15, -0.1) is 0 Å². The van der Waals surface area contributed by atoms with Crippen LogP contribution in [0, 0.1) is 5.41 Å². The molecule has 1 spiro atoms. The molecule has 2 atom stereocenters. The van der Waals surface area contributed by atoms with Gasteiger partial charge in [0.25, 0.3) is 0 Å². The van der Waals surface area contributed by atoms with Crippen molar-refractivity contribution in [1.29, 1.82) is 0 Å². The molecule has 1 aromatic rings. The maximum absolute atomic E-state index is 12.6. The van der Waals surface area contributed by atoms with Crippen molar-refractivity contribution in [3.05, 3.63) is 34.9 Å². The van der Waals surface area contributed by atoms with Gasteiger partial charge in [0.15, 0.2) is 0 Å². The van der Waals surface area contributed by atoms with Crippen LogP contribution in [0.3, 0.4) is 0 Å². The van der Waals surface area contributed by atoms with E-state index in [1.54, 1.807) is 0 Å². The summed E-state index contributed by atoms with van der Waals surface area (Å²) in [4.78, 5) is 16.7. The van der Waals surface area contributed by atoms with Crippen LogP contribution in [-0.4, -0.2) is 55.6 Å². The number of nitrogens with zero attached hydrogens (tertiary/aromatic N) is 2. The zero-order valence-electron chi connectivity index (χ0n) is 13.9. The first-order chi connectivity index (χ1) is 11.0. The van der Waals surface area contributed by atoms with Crippen LogP contribution in [0.1, 0.15) is 31.4 Å². The lowest BCUT2D eigenvalue weighted by molar-refractivity contribution is -0.132. The lowest BCUT2D eigenvalue weighted by Gasteiger charge is -2.28. The van der Waals surface area contributed by atoms with E-state index < -0.39 is 0 Å². The SMILES string of the molecule is C[C@H](c1ccc(Cl)cc1)N(C)C(=O)CN1CC[C@]2(CCOC2)C1. The fourth-order valence-electron chi connectivity index (χ4n) is 3.62. The van der Waals surface area contributed by atoms with Gasteiger partial charge in [-0.25, -0.2) is 0 Å². The van der Waals surface area contributed by atoms with Gasteiger partial charge in [-0.1, -0.05) is 23.7 Å². The number of ether oxygens (including phenoxy) is 1. The average molecular weight is 337 g/mol. The third kappa shape index (κ3) is 3.70. The first-order valence-electron chi connectivity index (χ1n) is 8.30. The first-order valence-corrected chi connectivity index (χ1v) is 8.68. The Morgan fingerprint density at radius 1 is 1.39 bits per heavy atom. The van der Waals surface area contributed by atoms with Crippen LogP contribution >= 0.6 is 11.6 Å². The van der Waals surface area contributed by atoms with E-state index in [2.05, 4.69) is 11.8 Å².